The first kappa shape index (κ1) is 22.4. The van der Waals surface area contributed by atoms with Crippen molar-refractivity contribution >= 4 is 5.91 Å². The predicted octanol–water partition coefficient (Wildman–Crippen LogP) is 3.75. The largest absolute Gasteiger partial charge is 0.497 e. The molecule has 172 valence electrons. The summed E-state index contributed by atoms with van der Waals surface area (Å²) >= 11 is 0. The van der Waals surface area contributed by atoms with Crippen LogP contribution in [0.3, 0.4) is 0 Å². The minimum atomic E-state index is -0.303. The van der Waals surface area contributed by atoms with Gasteiger partial charge in [-0.15, -0.1) is 0 Å². The van der Waals surface area contributed by atoms with Crippen LogP contribution in [0, 0.1) is 5.82 Å². The number of hydrogen-bond acceptors (Lipinski definition) is 5. The lowest BCUT2D eigenvalue weighted by molar-refractivity contribution is -0.135. The third-order valence-corrected chi connectivity index (χ3v) is 6.34. The number of halogens is 1. The van der Waals surface area contributed by atoms with Gasteiger partial charge in [-0.25, -0.2) is 4.39 Å². The second-order valence-corrected chi connectivity index (χ2v) is 8.36. The smallest absolute Gasteiger partial charge is 0.260 e. The van der Waals surface area contributed by atoms with Crippen molar-refractivity contribution in [2.45, 2.75) is 37.8 Å². The zero-order valence-electron chi connectivity index (χ0n) is 18.5. The van der Waals surface area contributed by atoms with Gasteiger partial charge in [0.1, 0.15) is 17.6 Å². The van der Waals surface area contributed by atoms with Gasteiger partial charge in [0.2, 0.25) is 0 Å². The number of para-hydroxylation sites is 1. The van der Waals surface area contributed by atoms with Crippen LogP contribution in [0.25, 0.3) is 0 Å². The highest BCUT2D eigenvalue weighted by Gasteiger charge is 2.30. The van der Waals surface area contributed by atoms with E-state index in [9.17, 15) is 9.18 Å². The molecule has 0 saturated carbocycles. The zero-order chi connectivity index (χ0) is 22.3. The molecule has 2 saturated heterocycles. The maximum Gasteiger partial charge on any atom is 0.260 e. The van der Waals surface area contributed by atoms with Gasteiger partial charge in [-0.1, -0.05) is 18.2 Å². The van der Waals surface area contributed by atoms with E-state index in [1.54, 1.807) is 31.4 Å². The number of piperidine rings is 2. The zero-order valence-corrected chi connectivity index (χ0v) is 18.5. The van der Waals surface area contributed by atoms with Crippen LogP contribution in [-0.2, 0) is 4.79 Å². The first-order valence-electron chi connectivity index (χ1n) is 11.3. The number of benzene rings is 2. The fourth-order valence-electron chi connectivity index (χ4n) is 4.49. The molecule has 2 heterocycles. The number of rotatable bonds is 7. The molecule has 4 rings (SSSR count). The number of methoxy groups -OCH3 is 1. The highest BCUT2D eigenvalue weighted by atomic mass is 19.1. The van der Waals surface area contributed by atoms with Gasteiger partial charge >= 0.3 is 0 Å². The summed E-state index contributed by atoms with van der Waals surface area (Å²) in [6.45, 7) is 3.41. The van der Waals surface area contributed by atoms with Gasteiger partial charge in [0.25, 0.3) is 5.91 Å². The van der Waals surface area contributed by atoms with Gasteiger partial charge in [0, 0.05) is 38.3 Å². The molecule has 7 heteroatoms. The summed E-state index contributed by atoms with van der Waals surface area (Å²) in [7, 11) is 1.60. The van der Waals surface area contributed by atoms with E-state index < -0.39 is 0 Å². The molecule has 2 aliphatic rings. The Morgan fingerprint density at radius 3 is 2.41 bits per heavy atom. The van der Waals surface area contributed by atoms with E-state index in [1.807, 2.05) is 23.1 Å². The van der Waals surface area contributed by atoms with E-state index in [4.69, 9.17) is 14.2 Å². The summed E-state index contributed by atoms with van der Waals surface area (Å²) < 4.78 is 30.5. The molecule has 1 amide bonds. The molecule has 0 N–H and O–H groups in total. The van der Waals surface area contributed by atoms with Gasteiger partial charge in [-0.3, -0.25) is 9.69 Å². The summed E-state index contributed by atoms with van der Waals surface area (Å²) in [6, 6.07) is 14.3. The molecule has 0 radical (unpaired) electrons. The van der Waals surface area contributed by atoms with Crippen LogP contribution in [0.2, 0.25) is 0 Å². The van der Waals surface area contributed by atoms with Crippen LogP contribution in [-0.4, -0.2) is 67.7 Å². The Balaban J connectivity index is 1.18. The monoisotopic (exact) mass is 442 g/mol. The molecule has 0 bridgehead atoms. The van der Waals surface area contributed by atoms with Crippen molar-refractivity contribution in [1.82, 2.24) is 9.80 Å². The predicted molar refractivity (Wildman–Crippen MR) is 120 cm³/mol. The summed E-state index contributed by atoms with van der Waals surface area (Å²) in [5.74, 6) is 1.39. The van der Waals surface area contributed by atoms with Gasteiger partial charge in [-0.2, -0.15) is 0 Å². The second kappa shape index (κ2) is 10.7. The third kappa shape index (κ3) is 5.71. The molecule has 0 aromatic heterocycles. The standard InChI is InChI=1S/C25H31FN2O4/c1-30-21-5-4-6-22(17-21)31-18-25(29)28-13-9-19(10-14-28)27-15-11-20(12-16-27)32-24-8-3-2-7-23(24)26/h2-8,17,19-20H,9-16,18H2,1H3. The molecule has 2 fully saturated rings. The van der Waals surface area contributed by atoms with Crippen molar-refractivity contribution in [3.8, 4) is 17.2 Å². The summed E-state index contributed by atoms with van der Waals surface area (Å²) in [4.78, 5) is 17.0. The molecule has 6 nitrogen and oxygen atoms in total. The first-order valence-corrected chi connectivity index (χ1v) is 11.3. The Morgan fingerprint density at radius 1 is 0.969 bits per heavy atom. The molecule has 0 spiro atoms. The van der Waals surface area contributed by atoms with Crippen LogP contribution in [0.4, 0.5) is 4.39 Å². The van der Waals surface area contributed by atoms with Crippen molar-refractivity contribution in [3.63, 3.8) is 0 Å². The molecule has 0 unspecified atom stereocenters. The number of carbonyl (C=O) groups excluding carboxylic acids is 1. The molecule has 0 atom stereocenters. The van der Waals surface area contributed by atoms with Gasteiger partial charge in [0.05, 0.1) is 7.11 Å². The van der Waals surface area contributed by atoms with Crippen molar-refractivity contribution in [2.75, 3.05) is 39.9 Å². The Kier molecular flexibility index (Phi) is 7.47. The quantitative estimate of drug-likeness (QED) is 0.654. The van der Waals surface area contributed by atoms with Gasteiger partial charge in [-0.05, 0) is 49.9 Å². The Labute approximate surface area is 188 Å². The lowest BCUT2D eigenvalue weighted by Gasteiger charge is -2.41. The molecular weight excluding hydrogens is 411 g/mol. The van der Waals surface area contributed by atoms with Crippen molar-refractivity contribution in [1.29, 1.82) is 0 Å². The molecular formula is C25H31FN2O4. The van der Waals surface area contributed by atoms with E-state index in [1.165, 1.54) is 6.07 Å². The van der Waals surface area contributed by atoms with Gasteiger partial charge < -0.3 is 19.1 Å². The highest BCUT2D eigenvalue weighted by Crippen LogP contribution is 2.25. The Hall–Kier alpha value is -2.80. The maximum absolute atomic E-state index is 13.8. The molecule has 32 heavy (non-hydrogen) atoms. The Morgan fingerprint density at radius 2 is 1.69 bits per heavy atom. The summed E-state index contributed by atoms with van der Waals surface area (Å²) in [5.41, 5.74) is 0. The van der Waals surface area contributed by atoms with E-state index in [0.717, 1.165) is 51.9 Å². The van der Waals surface area contributed by atoms with Crippen LogP contribution < -0.4 is 14.2 Å². The maximum atomic E-state index is 13.8. The van der Waals surface area contributed by atoms with Gasteiger partial charge in [0.15, 0.2) is 18.2 Å². The van der Waals surface area contributed by atoms with Crippen LogP contribution in [0.5, 0.6) is 17.2 Å². The number of carbonyl (C=O) groups is 1. The Bertz CT molecular complexity index is 893. The number of nitrogens with zero attached hydrogens (tertiary/aromatic N) is 2. The van der Waals surface area contributed by atoms with E-state index >= 15 is 0 Å². The molecule has 2 aliphatic heterocycles. The number of ether oxygens (including phenoxy) is 3. The van der Waals surface area contributed by atoms with E-state index in [0.29, 0.717) is 23.3 Å². The highest BCUT2D eigenvalue weighted by molar-refractivity contribution is 5.77. The third-order valence-electron chi connectivity index (χ3n) is 6.34. The number of likely N-dealkylation sites (tertiary alicyclic amines) is 2. The lowest BCUT2D eigenvalue weighted by atomic mass is 9.99. The molecule has 2 aromatic rings. The van der Waals surface area contributed by atoms with Crippen LogP contribution in [0.1, 0.15) is 25.7 Å². The average Bonchev–Trinajstić information content (AvgIpc) is 2.85. The van der Waals surface area contributed by atoms with Crippen molar-refractivity contribution in [3.05, 3.63) is 54.3 Å². The second-order valence-electron chi connectivity index (χ2n) is 8.36. The van der Waals surface area contributed by atoms with Crippen LogP contribution in [0.15, 0.2) is 48.5 Å². The SMILES string of the molecule is COc1cccc(OCC(=O)N2CCC(N3CCC(Oc4ccccc4F)CC3)CC2)c1. The molecule has 2 aromatic carbocycles. The average molecular weight is 443 g/mol. The summed E-state index contributed by atoms with van der Waals surface area (Å²) in [6.07, 6.45) is 3.76. The fourth-order valence-corrected chi connectivity index (χ4v) is 4.49. The fraction of sp³-hybridized carbons (Fsp3) is 0.480. The van der Waals surface area contributed by atoms with Crippen molar-refractivity contribution in [2.24, 2.45) is 0 Å². The number of hydrogen-bond donors (Lipinski definition) is 0. The summed E-state index contributed by atoms with van der Waals surface area (Å²) in [5, 5.41) is 0. The number of amides is 1. The lowest BCUT2D eigenvalue weighted by Crippen LogP contribution is -2.50. The van der Waals surface area contributed by atoms with E-state index in [2.05, 4.69) is 4.90 Å². The minimum absolute atomic E-state index is 0.0169. The minimum Gasteiger partial charge on any atom is -0.497 e. The molecule has 0 aliphatic carbocycles. The van der Waals surface area contributed by atoms with E-state index in [-0.39, 0.29) is 24.4 Å². The first-order chi connectivity index (χ1) is 15.6. The normalized spacial score (nSPS) is 18.4. The topological polar surface area (TPSA) is 51.2 Å². The van der Waals surface area contributed by atoms with Crippen LogP contribution >= 0.6 is 0 Å². The van der Waals surface area contributed by atoms with Crippen molar-refractivity contribution < 1.29 is 23.4 Å².